The minimum absolute atomic E-state index is 0.0151. The Kier molecular flexibility index (Phi) is 5.48. The number of hydrogen-bond acceptors (Lipinski definition) is 3. The Hall–Kier alpha value is -0.880. The topological polar surface area (TPSA) is 56.1 Å². The summed E-state index contributed by atoms with van der Waals surface area (Å²) in [6.07, 6.45) is 2.30. The summed E-state index contributed by atoms with van der Waals surface area (Å²) in [6, 6.07) is 0. The van der Waals surface area contributed by atoms with Crippen LogP contribution in [0.2, 0.25) is 0 Å². The van der Waals surface area contributed by atoms with Crippen LogP contribution in [0, 0.1) is 6.92 Å². The van der Waals surface area contributed by atoms with Gasteiger partial charge in [-0.05, 0) is 22.9 Å². The monoisotopic (exact) mass is 289 g/mol. The molecular formula is C10H16BrN3O2. The van der Waals surface area contributed by atoms with E-state index in [-0.39, 0.29) is 5.91 Å². The Morgan fingerprint density at radius 2 is 2.44 bits per heavy atom. The van der Waals surface area contributed by atoms with Gasteiger partial charge in [0.1, 0.15) is 0 Å². The van der Waals surface area contributed by atoms with Gasteiger partial charge in [0.2, 0.25) is 5.91 Å². The largest absolute Gasteiger partial charge is 0.383 e. The molecule has 16 heavy (non-hydrogen) atoms. The van der Waals surface area contributed by atoms with Crippen molar-refractivity contribution in [3.8, 4) is 0 Å². The summed E-state index contributed by atoms with van der Waals surface area (Å²) in [7, 11) is 1.61. The van der Waals surface area contributed by atoms with Crippen LogP contribution in [0.1, 0.15) is 12.1 Å². The number of aryl methyl sites for hydroxylation is 2. The molecule has 0 radical (unpaired) electrons. The van der Waals surface area contributed by atoms with Crippen molar-refractivity contribution < 1.29 is 9.53 Å². The average Bonchev–Trinajstić information content (AvgIpc) is 2.56. The van der Waals surface area contributed by atoms with Gasteiger partial charge in [-0.1, -0.05) is 0 Å². The molecule has 0 fully saturated rings. The number of amides is 1. The molecule has 0 spiro atoms. The molecule has 90 valence electrons. The highest BCUT2D eigenvalue weighted by Gasteiger charge is 2.04. The maximum atomic E-state index is 11.4. The van der Waals surface area contributed by atoms with Gasteiger partial charge in [-0.15, -0.1) is 0 Å². The van der Waals surface area contributed by atoms with Crippen molar-refractivity contribution in [3.63, 3.8) is 0 Å². The zero-order chi connectivity index (χ0) is 12.0. The molecule has 1 amide bonds. The Labute approximate surface area is 103 Å². The minimum Gasteiger partial charge on any atom is -0.383 e. The lowest BCUT2D eigenvalue weighted by Crippen LogP contribution is -2.27. The number of rotatable bonds is 6. The van der Waals surface area contributed by atoms with Gasteiger partial charge in [0.25, 0.3) is 0 Å². The molecule has 0 saturated carbocycles. The number of halogens is 1. The van der Waals surface area contributed by atoms with Gasteiger partial charge in [-0.3, -0.25) is 9.48 Å². The van der Waals surface area contributed by atoms with Crippen molar-refractivity contribution in [2.45, 2.75) is 19.9 Å². The number of carbonyl (C=O) groups is 1. The Morgan fingerprint density at radius 1 is 1.69 bits per heavy atom. The van der Waals surface area contributed by atoms with E-state index in [0.29, 0.717) is 26.1 Å². The molecule has 0 aliphatic rings. The number of nitrogens with zero attached hydrogens (tertiary/aromatic N) is 2. The molecule has 1 aromatic rings. The molecular weight excluding hydrogens is 274 g/mol. The number of ether oxygens (including phenoxy) is 1. The second kappa shape index (κ2) is 6.65. The molecule has 0 atom stereocenters. The molecule has 0 aromatic carbocycles. The highest BCUT2D eigenvalue weighted by atomic mass is 79.9. The number of carbonyl (C=O) groups excluding carboxylic acids is 1. The molecule has 0 aliphatic carbocycles. The van der Waals surface area contributed by atoms with Crippen LogP contribution in [-0.4, -0.2) is 35.9 Å². The van der Waals surface area contributed by atoms with Crippen LogP contribution < -0.4 is 5.32 Å². The van der Waals surface area contributed by atoms with Crippen LogP contribution in [0.3, 0.4) is 0 Å². The summed E-state index contributed by atoms with van der Waals surface area (Å²) in [6.45, 7) is 3.60. The maximum Gasteiger partial charge on any atom is 0.221 e. The van der Waals surface area contributed by atoms with Gasteiger partial charge in [-0.25, -0.2) is 0 Å². The number of aromatic nitrogens is 2. The molecule has 6 heteroatoms. The third-order valence-corrected chi connectivity index (χ3v) is 2.86. The van der Waals surface area contributed by atoms with Crippen molar-refractivity contribution in [1.29, 1.82) is 0 Å². The second-order valence-electron chi connectivity index (χ2n) is 3.42. The second-order valence-corrected chi connectivity index (χ2v) is 4.27. The molecule has 0 bridgehead atoms. The SMILES string of the molecule is COCCNC(=O)CCn1cc(Br)c(C)n1. The van der Waals surface area contributed by atoms with Crippen molar-refractivity contribution in [3.05, 3.63) is 16.4 Å². The molecule has 0 aliphatic heterocycles. The highest BCUT2D eigenvalue weighted by Crippen LogP contribution is 2.13. The number of methoxy groups -OCH3 is 1. The smallest absolute Gasteiger partial charge is 0.221 e. The average molecular weight is 290 g/mol. The van der Waals surface area contributed by atoms with Crippen molar-refractivity contribution in [2.75, 3.05) is 20.3 Å². The predicted molar refractivity (Wildman–Crippen MR) is 64.2 cm³/mol. The quantitative estimate of drug-likeness (QED) is 0.798. The summed E-state index contributed by atoms with van der Waals surface area (Å²) in [5, 5.41) is 7.00. The zero-order valence-corrected chi connectivity index (χ0v) is 11.1. The first-order valence-corrected chi connectivity index (χ1v) is 5.88. The molecule has 1 N–H and O–H groups in total. The summed E-state index contributed by atoms with van der Waals surface area (Å²) >= 11 is 3.37. The normalized spacial score (nSPS) is 10.4. The van der Waals surface area contributed by atoms with E-state index < -0.39 is 0 Å². The van der Waals surface area contributed by atoms with Gasteiger partial charge in [0, 0.05) is 32.8 Å². The maximum absolute atomic E-state index is 11.4. The van der Waals surface area contributed by atoms with Gasteiger partial charge >= 0.3 is 0 Å². The molecule has 0 saturated heterocycles. The van der Waals surface area contributed by atoms with Crippen LogP contribution in [0.15, 0.2) is 10.7 Å². The first-order chi connectivity index (χ1) is 7.63. The van der Waals surface area contributed by atoms with Crippen LogP contribution in [0.4, 0.5) is 0 Å². The summed E-state index contributed by atoms with van der Waals surface area (Å²) in [4.78, 5) is 11.4. The molecule has 0 unspecified atom stereocenters. The first-order valence-electron chi connectivity index (χ1n) is 5.08. The van der Waals surface area contributed by atoms with E-state index in [9.17, 15) is 4.79 Å². The summed E-state index contributed by atoms with van der Waals surface area (Å²) in [5.74, 6) is 0.0151. The van der Waals surface area contributed by atoms with Gasteiger partial charge in [-0.2, -0.15) is 5.10 Å². The van der Waals surface area contributed by atoms with E-state index in [4.69, 9.17) is 4.74 Å². The fourth-order valence-corrected chi connectivity index (χ4v) is 1.52. The van der Waals surface area contributed by atoms with Gasteiger partial charge in [0.15, 0.2) is 0 Å². The third kappa shape index (κ3) is 4.32. The third-order valence-electron chi connectivity index (χ3n) is 2.08. The summed E-state index contributed by atoms with van der Waals surface area (Å²) in [5.41, 5.74) is 0.930. The Balaban J connectivity index is 2.26. The van der Waals surface area contributed by atoms with Crippen LogP contribution >= 0.6 is 15.9 Å². The van der Waals surface area contributed by atoms with E-state index in [2.05, 4.69) is 26.3 Å². The van der Waals surface area contributed by atoms with E-state index in [0.717, 1.165) is 10.2 Å². The molecule has 5 nitrogen and oxygen atoms in total. The predicted octanol–water partition coefficient (Wildman–Crippen LogP) is 1.11. The van der Waals surface area contributed by atoms with E-state index >= 15 is 0 Å². The number of hydrogen-bond donors (Lipinski definition) is 1. The standard InChI is InChI=1S/C10H16BrN3O2/c1-8-9(11)7-14(13-8)5-3-10(15)12-4-6-16-2/h7H,3-6H2,1-2H3,(H,12,15). The van der Waals surface area contributed by atoms with Gasteiger partial charge < -0.3 is 10.1 Å². The van der Waals surface area contributed by atoms with Crippen LogP contribution in [0.25, 0.3) is 0 Å². The fraction of sp³-hybridized carbons (Fsp3) is 0.600. The molecule has 1 heterocycles. The lowest BCUT2D eigenvalue weighted by molar-refractivity contribution is -0.121. The van der Waals surface area contributed by atoms with E-state index in [1.165, 1.54) is 0 Å². The lowest BCUT2D eigenvalue weighted by atomic mass is 10.4. The fourth-order valence-electron chi connectivity index (χ4n) is 1.21. The van der Waals surface area contributed by atoms with Crippen molar-refractivity contribution >= 4 is 21.8 Å². The van der Waals surface area contributed by atoms with Crippen molar-refractivity contribution in [2.24, 2.45) is 0 Å². The highest BCUT2D eigenvalue weighted by molar-refractivity contribution is 9.10. The van der Waals surface area contributed by atoms with Crippen LogP contribution in [0.5, 0.6) is 0 Å². The van der Waals surface area contributed by atoms with Crippen LogP contribution in [-0.2, 0) is 16.1 Å². The van der Waals surface area contributed by atoms with E-state index in [1.807, 2.05) is 13.1 Å². The Bertz CT molecular complexity index is 332. The first kappa shape index (κ1) is 13.2. The van der Waals surface area contributed by atoms with E-state index in [1.54, 1.807) is 11.8 Å². The minimum atomic E-state index is 0.0151. The number of nitrogens with one attached hydrogen (secondary N) is 1. The van der Waals surface area contributed by atoms with Crippen molar-refractivity contribution in [1.82, 2.24) is 15.1 Å². The molecule has 1 aromatic heterocycles. The Morgan fingerprint density at radius 3 is 3.00 bits per heavy atom. The lowest BCUT2D eigenvalue weighted by Gasteiger charge is -2.04. The summed E-state index contributed by atoms with van der Waals surface area (Å²) < 4.78 is 7.56. The zero-order valence-electron chi connectivity index (χ0n) is 9.49. The van der Waals surface area contributed by atoms with Gasteiger partial charge in [0.05, 0.1) is 16.8 Å². The molecule has 1 rings (SSSR count).